The summed E-state index contributed by atoms with van der Waals surface area (Å²) in [6.45, 7) is 2.27. The molecule has 0 unspecified atom stereocenters. The second kappa shape index (κ2) is 9.43. The number of hydrogen-bond acceptors (Lipinski definition) is 5. The Hall–Kier alpha value is -3.06. The Bertz CT molecular complexity index is 745. The van der Waals surface area contributed by atoms with E-state index in [-0.39, 0.29) is 11.8 Å². The molecule has 4 N–H and O–H groups in total. The molecule has 0 fully saturated rings. The third-order valence-electron chi connectivity index (χ3n) is 3.53. The van der Waals surface area contributed by atoms with Gasteiger partial charge in [0.2, 0.25) is 5.91 Å². The van der Waals surface area contributed by atoms with Crippen LogP contribution >= 0.6 is 0 Å². The van der Waals surface area contributed by atoms with Crippen LogP contribution in [-0.4, -0.2) is 38.1 Å². The van der Waals surface area contributed by atoms with Crippen molar-refractivity contribution >= 4 is 17.5 Å². The first-order valence-corrected chi connectivity index (χ1v) is 8.21. The lowest BCUT2D eigenvalue weighted by Gasteiger charge is -2.11. The Labute approximate surface area is 152 Å². The van der Waals surface area contributed by atoms with Gasteiger partial charge in [-0.1, -0.05) is 6.07 Å². The zero-order valence-corrected chi connectivity index (χ0v) is 14.8. The van der Waals surface area contributed by atoms with Crippen LogP contribution in [0.2, 0.25) is 0 Å². The molecule has 26 heavy (non-hydrogen) atoms. The highest BCUT2D eigenvalue weighted by Gasteiger charge is 2.08. The largest absolute Gasteiger partial charge is 0.497 e. The number of amides is 2. The van der Waals surface area contributed by atoms with Crippen molar-refractivity contribution in [2.75, 3.05) is 25.6 Å². The minimum Gasteiger partial charge on any atom is -0.497 e. The average Bonchev–Trinajstić information content (AvgIpc) is 2.65. The summed E-state index contributed by atoms with van der Waals surface area (Å²) in [6.07, 6.45) is 0. The Balaban J connectivity index is 1.87. The van der Waals surface area contributed by atoms with Crippen LogP contribution in [0.1, 0.15) is 17.3 Å². The first kappa shape index (κ1) is 19.3. The summed E-state index contributed by atoms with van der Waals surface area (Å²) < 4.78 is 10.6. The van der Waals surface area contributed by atoms with E-state index < -0.39 is 6.04 Å². The van der Waals surface area contributed by atoms with Crippen molar-refractivity contribution in [2.24, 2.45) is 5.73 Å². The highest BCUT2D eigenvalue weighted by Crippen LogP contribution is 2.19. The van der Waals surface area contributed by atoms with E-state index in [0.717, 1.165) is 0 Å². The van der Waals surface area contributed by atoms with Crippen LogP contribution in [-0.2, 0) is 4.79 Å². The van der Waals surface area contributed by atoms with E-state index in [1.165, 1.54) is 0 Å². The summed E-state index contributed by atoms with van der Waals surface area (Å²) in [7, 11) is 1.57. The van der Waals surface area contributed by atoms with Gasteiger partial charge >= 0.3 is 0 Å². The van der Waals surface area contributed by atoms with Gasteiger partial charge in [0.05, 0.1) is 19.7 Å². The number of nitrogens with one attached hydrogen (secondary N) is 2. The molecule has 0 aliphatic rings. The predicted molar refractivity (Wildman–Crippen MR) is 99.5 cm³/mol. The summed E-state index contributed by atoms with van der Waals surface area (Å²) in [4.78, 5) is 23.6. The number of benzene rings is 2. The van der Waals surface area contributed by atoms with Gasteiger partial charge in [0.15, 0.2) is 0 Å². The lowest BCUT2D eigenvalue weighted by Crippen LogP contribution is -2.40. The van der Waals surface area contributed by atoms with Crippen LogP contribution in [0.15, 0.2) is 48.5 Å². The molecule has 0 bridgehead atoms. The zero-order valence-electron chi connectivity index (χ0n) is 14.8. The number of hydrogen-bond donors (Lipinski definition) is 3. The normalized spacial score (nSPS) is 11.3. The molecule has 7 heteroatoms. The summed E-state index contributed by atoms with van der Waals surface area (Å²) >= 11 is 0. The fourth-order valence-corrected chi connectivity index (χ4v) is 2.11. The molecule has 2 rings (SSSR count). The lowest BCUT2D eigenvalue weighted by atomic mass is 10.2. The molecule has 138 valence electrons. The molecule has 0 heterocycles. The molecule has 0 aromatic heterocycles. The SMILES string of the molecule is COc1ccc(C(=O)Nc2cccc(OCCNC(=O)[C@@H](C)N)c2)cc1. The molecular formula is C19H23N3O4. The molecule has 2 aromatic carbocycles. The molecule has 2 amide bonds. The molecule has 0 aliphatic carbocycles. The fourth-order valence-electron chi connectivity index (χ4n) is 2.11. The summed E-state index contributed by atoms with van der Waals surface area (Å²) in [5.41, 5.74) is 6.60. The standard InChI is InChI=1S/C19H23N3O4/c1-13(20)18(23)21-10-11-26-17-5-3-4-15(12-17)22-19(24)14-6-8-16(25-2)9-7-14/h3-9,12-13H,10-11,20H2,1-2H3,(H,21,23)(H,22,24)/t13-/m1/s1. The molecule has 1 atom stereocenters. The Morgan fingerprint density at radius 3 is 2.50 bits per heavy atom. The molecule has 0 saturated heterocycles. The van der Waals surface area contributed by atoms with Crippen LogP contribution in [0, 0.1) is 0 Å². The molecular weight excluding hydrogens is 334 g/mol. The number of ether oxygens (including phenoxy) is 2. The van der Waals surface area contributed by atoms with Gasteiger partial charge in [0.1, 0.15) is 18.1 Å². The summed E-state index contributed by atoms with van der Waals surface area (Å²) in [5.74, 6) is 0.823. The van der Waals surface area contributed by atoms with Crippen molar-refractivity contribution in [3.8, 4) is 11.5 Å². The number of methoxy groups -OCH3 is 1. The van der Waals surface area contributed by atoms with Crippen molar-refractivity contribution < 1.29 is 19.1 Å². The lowest BCUT2D eigenvalue weighted by molar-refractivity contribution is -0.122. The van der Waals surface area contributed by atoms with Crippen molar-refractivity contribution in [2.45, 2.75) is 13.0 Å². The fraction of sp³-hybridized carbons (Fsp3) is 0.263. The molecule has 2 aromatic rings. The zero-order chi connectivity index (χ0) is 18.9. The van der Waals surface area contributed by atoms with Crippen molar-refractivity contribution in [1.29, 1.82) is 0 Å². The van der Waals surface area contributed by atoms with Crippen molar-refractivity contribution in [3.05, 3.63) is 54.1 Å². The molecule has 0 aliphatic heterocycles. The average molecular weight is 357 g/mol. The van der Waals surface area contributed by atoms with Crippen molar-refractivity contribution in [1.82, 2.24) is 5.32 Å². The Morgan fingerprint density at radius 1 is 1.12 bits per heavy atom. The second-order valence-electron chi connectivity index (χ2n) is 5.64. The van der Waals surface area contributed by atoms with Crippen LogP contribution in [0.3, 0.4) is 0 Å². The maximum absolute atomic E-state index is 12.3. The van der Waals surface area contributed by atoms with E-state index in [2.05, 4.69) is 10.6 Å². The van der Waals surface area contributed by atoms with Gasteiger partial charge in [-0.05, 0) is 43.3 Å². The predicted octanol–water partition coefficient (Wildman–Crippen LogP) is 1.79. The number of anilines is 1. The number of nitrogens with two attached hydrogens (primary N) is 1. The van der Waals surface area contributed by atoms with Crippen LogP contribution in [0.25, 0.3) is 0 Å². The molecule has 0 saturated carbocycles. The highest BCUT2D eigenvalue weighted by molar-refractivity contribution is 6.04. The first-order chi connectivity index (χ1) is 12.5. The van der Waals surface area contributed by atoms with Crippen LogP contribution in [0.5, 0.6) is 11.5 Å². The van der Waals surface area contributed by atoms with Crippen LogP contribution < -0.4 is 25.8 Å². The monoisotopic (exact) mass is 357 g/mol. The molecule has 7 nitrogen and oxygen atoms in total. The van der Waals surface area contributed by atoms with Gasteiger partial charge < -0.3 is 25.8 Å². The Morgan fingerprint density at radius 2 is 1.85 bits per heavy atom. The van der Waals surface area contributed by atoms with Gasteiger partial charge in [-0.15, -0.1) is 0 Å². The number of rotatable bonds is 8. The van der Waals surface area contributed by atoms with Gasteiger partial charge in [0.25, 0.3) is 5.91 Å². The second-order valence-corrected chi connectivity index (χ2v) is 5.64. The van der Waals surface area contributed by atoms with E-state index in [0.29, 0.717) is 35.9 Å². The van der Waals surface area contributed by atoms with E-state index >= 15 is 0 Å². The third-order valence-corrected chi connectivity index (χ3v) is 3.53. The van der Waals surface area contributed by atoms with E-state index in [9.17, 15) is 9.59 Å². The maximum Gasteiger partial charge on any atom is 0.255 e. The summed E-state index contributed by atoms with van der Waals surface area (Å²) in [5, 5.41) is 5.47. The topological polar surface area (TPSA) is 103 Å². The quantitative estimate of drug-likeness (QED) is 0.625. The van der Waals surface area contributed by atoms with Gasteiger partial charge in [-0.25, -0.2) is 0 Å². The van der Waals surface area contributed by atoms with Gasteiger partial charge in [0, 0.05) is 17.3 Å². The van der Waals surface area contributed by atoms with Crippen LogP contribution in [0.4, 0.5) is 5.69 Å². The van der Waals surface area contributed by atoms with Gasteiger partial charge in [-0.3, -0.25) is 9.59 Å². The minimum absolute atomic E-state index is 0.228. The number of carbonyl (C=O) groups is 2. The summed E-state index contributed by atoms with van der Waals surface area (Å²) in [6, 6.07) is 13.3. The van der Waals surface area contributed by atoms with E-state index in [1.807, 2.05) is 0 Å². The third kappa shape index (κ3) is 5.78. The maximum atomic E-state index is 12.3. The van der Waals surface area contributed by atoms with Crippen molar-refractivity contribution in [3.63, 3.8) is 0 Å². The van der Waals surface area contributed by atoms with Gasteiger partial charge in [-0.2, -0.15) is 0 Å². The molecule has 0 radical (unpaired) electrons. The Kier molecular flexibility index (Phi) is 6.99. The highest BCUT2D eigenvalue weighted by atomic mass is 16.5. The minimum atomic E-state index is -0.550. The van der Waals surface area contributed by atoms with E-state index in [1.54, 1.807) is 62.6 Å². The first-order valence-electron chi connectivity index (χ1n) is 8.21. The molecule has 0 spiro atoms. The smallest absolute Gasteiger partial charge is 0.255 e. The van der Waals surface area contributed by atoms with E-state index in [4.69, 9.17) is 15.2 Å². The number of carbonyl (C=O) groups excluding carboxylic acids is 2.